The number of rotatable bonds is 5. The molecule has 0 radical (unpaired) electrons. The average Bonchev–Trinajstić information content (AvgIpc) is 3.27. The van der Waals surface area contributed by atoms with Gasteiger partial charge in [-0.2, -0.15) is 4.98 Å². The van der Waals surface area contributed by atoms with E-state index in [-0.39, 0.29) is 11.9 Å². The van der Waals surface area contributed by atoms with Crippen LogP contribution in [0.1, 0.15) is 44.0 Å². The zero-order chi connectivity index (χ0) is 17.6. The van der Waals surface area contributed by atoms with E-state index < -0.39 is 0 Å². The van der Waals surface area contributed by atoms with Crippen molar-refractivity contribution in [3.05, 3.63) is 17.5 Å². The Morgan fingerprint density at radius 3 is 2.92 bits per heavy atom. The van der Waals surface area contributed by atoms with Crippen LogP contribution in [0.5, 0.6) is 0 Å². The molecule has 2 aliphatic rings. The Hall–Kier alpha value is -1.63. The predicted molar refractivity (Wildman–Crippen MR) is 97.5 cm³/mol. The van der Waals surface area contributed by atoms with Crippen LogP contribution in [-0.4, -0.2) is 37.3 Å². The highest BCUT2D eigenvalue weighted by Gasteiger charge is 2.42. The standard InChI is InChI=1S/C18H25N5OS/c1-10-6-11(2)23-17(19-10)21-18(22-23)25-9-16(24)20-12(3)15-8-13-4-5-14(15)7-13/h6,12-15H,4-5,7-9H2,1-3H3,(H,20,24)/t12-,13+,14+,15+/m1/s1. The van der Waals surface area contributed by atoms with Crippen molar-refractivity contribution in [2.75, 3.05) is 5.75 Å². The van der Waals surface area contributed by atoms with Gasteiger partial charge < -0.3 is 5.32 Å². The highest BCUT2D eigenvalue weighted by atomic mass is 32.2. The maximum absolute atomic E-state index is 12.3. The monoisotopic (exact) mass is 359 g/mol. The van der Waals surface area contributed by atoms with E-state index in [1.54, 1.807) is 4.52 Å². The normalized spacial score (nSPS) is 26.3. The van der Waals surface area contributed by atoms with Gasteiger partial charge in [0.2, 0.25) is 11.1 Å². The molecule has 0 aliphatic heterocycles. The molecule has 2 aromatic heterocycles. The van der Waals surface area contributed by atoms with Crippen LogP contribution in [0.15, 0.2) is 11.2 Å². The molecule has 2 bridgehead atoms. The fourth-order valence-corrected chi connectivity index (χ4v) is 5.28. The van der Waals surface area contributed by atoms with Crippen LogP contribution in [0, 0.1) is 31.6 Å². The molecule has 6 nitrogen and oxygen atoms in total. The van der Waals surface area contributed by atoms with Gasteiger partial charge in [0.05, 0.1) is 5.75 Å². The van der Waals surface area contributed by atoms with Crippen molar-refractivity contribution in [3.63, 3.8) is 0 Å². The van der Waals surface area contributed by atoms with Gasteiger partial charge in [-0.3, -0.25) is 4.79 Å². The van der Waals surface area contributed by atoms with Gasteiger partial charge >= 0.3 is 0 Å². The van der Waals surface area contributed by atoms with Gasteiger partial charge in [-0.1, -0.05) is 18.2 Å². The number of carbonyl (C=O) groups is 1. The lowest BCUT2D eigenvalue weighted by atomic mass is 9.84. The third kappa shape index (κ3) is 3.38. The lowest BCUT2D eigenvalue weighted by Gasteiger charge is -2.28. The summed E-state index contributed by atoms with van der Waals surface area (Å²) in [6.07, 6.45) is 5.40. The summed E-state index contributed by atoms with van der Waals surface area (Å²) in [7, 11) is 0. The second-order valence-corrected chi connectivity index (χ2v) is 8.57. The molecule has 4 atom stereocenters. The molecule has 4 rings (SSSR count). The molecule has 1 amide bonds. The summed E-state index contributed by atoms with van der Waals surface area (Å²) in [5.41, 5.74) is 1.92. The molecule has 7 heteroatoms. The molecular weight excluding hydrogens is 334 g/mol. The SMILES string of the molecule is Cc1cc(C)n2nc(SCC(=O)N[C@H](C)[C@@H]3C[C@H]4CC[C@H]3C4)nc2n1. The number of hydrogen-bond acceptors (Lipinski definition) is 5. The van der Waals surface area contributed by atoms with Crippen LogP contribution >= 0.6 is 11.8 Å². The number of fused-ring (bicyclic) bond motifs is 3. The molecule has 2 aliphatic carbocycles. The fourth-order valence-electron chi connectivity index (χ4n) is 4.65. The van der Waals surface area contributed by atoms with Crippen molar-refractivity contribution in [2.24, 2.45) is 17.8 Å². The first kappa shape index (κ1) is 16.8. The van der Waals surface area contributed by atoms with Crippen LogP contribution in [-0.2, 0) is 4.79 Å². The van der Waals surface area contributed by atoms with Gasteiger partial charge in [-0.05, 0) is 63.9 Å². The zero-order valence-electron chi connectivity index (χ0n) is 15.0. The van der Waals surface area contributed by atoms with Crippen molar-refractivity contribution in [3.8, 4) is 0 Å². The maximum atomic E-state index is 12.3. The molecule has 2 aromatic rings. The topological polar surface area (TPSA) is 72.2 Å². The summed E-state index contributed by atoms with van der Waals surface area (Å²) in [4.78, 5) is 21.1. The molecule has 2 fully saturated rings. The Bertz CT molecular complexity index is 804. The van der Waals surface area contributed by atoms with E-state index >= 15 is 0 Å². The number of nitrogens with one attached hydrogen (secondary N) is 1. The maximum Gasteiger partial charge on any atom is 0.253 e. The van der Waals surface area contributed by atoms with E-state index in [0.717, 1.165) is 23.2 Å². The second-order valence-electron chi connectivity index (χ2n) is 7.63. The van der Waals surface area contributed by atoms with Gasteiger partial charge in [0.1, 0.15) is 0 Å². The lowest BCUT2D eigenvalue weighted by Crippen LogP contribution is -2.40. The van der Waals surface area contributed by atoms with Crippen molar-refractivity contribution in [2.45, 2.75) is 57.7 Å². The van der Waals surface area contributed by atoms with Gasteiger partial charge in [-0.15, -0.1) is 5.10 Å². The molecular formula is C18H25N5OS. The van der Waals surface area contributed by atoms with Crippen LogP contribution in [0.2, 0.25) is 0 Å². The van der Waals surface area contributed by atoms with E-state index in [9.17, 15) is 4.79 Å². The lowest BCUT2D eigenvalue weighted by molar-refractivity contribution is -0.119. The Morgan fingerprint density at radius 2 is 2.20 bits per heavy atom. The number of aryl methyl sites for hydroxylation is 2. The fraction of sp³-hybridized carbons (Fsp3) is 0.667. The summed E-state index contributed by atoms with van der Waals surface area (Å²) in [6, 6.07) is 2.24. The largest absolute Gasteiger partial charge is 0.353 e. The quantitative estimate of drug-likeness (QED) is 0.831. The van der Waals surface area contributed by atoms with E-state index in [2.05, 4.69) is 27.3 Å². The van der Waals surface area contributed by atoms with E-state index in [0.29, 0.717) is 22.6 Å². The highest BCUT2D eigenvalue weighted by molar-refractivity contribution is 7.99. The highest BCUT2D eigenvalue weighted by Crippen LogP contribution is 2.49. The summed E-state index contributed by atoms with van der Waals surface area (Å²) in [6.45, 7) is 6.08. The number of amides is 1. The van der Waals surface area contributed by atoms with Crippen molar-refractivity contribution >= 4 is 23.4 Å². The molecule has 25 heavy (non-hydrogen) atoms. The average molecular weight is 359 g/mol. The number of thioether (sulfide) groups is 1. The molecule has 0 saturated heterocycles. The Balaban J connectivity index is 1.33. The number of carbonyl (C=O) groups excluding carboxylic acids is 1. The van der Waals surface area contributed by atoms with Gasteiger partial charge in [0.25, 0.3) is 5.78 Å². The Labute approximate surface area is 152 Å². The summed E-state index contributed by atoms with van der Waals surface area (Å²) >= 11 is 1.37. The van der Waals surface area contributed by atoms with Crippen LogP contribution < -0.4 is 5.32 Å². The van der Waals surface area contributed by atoms with E-state index in [1.807, 2.05) is 19.9 Å². The van der Waals surface area contributed by atoms with Crippen molar-refractivity contribution in [1.82, 2.24) is 24.9 Å². The van der Waals surface area contributed by atoms with Gasteiger partial charge in [0.15, 0.2) is 0 Å². The Kier molecular flexibility index (Phi) is 4.43. The minimum absolute atomic E-state index is 0.0694. The van der Waals surface area contributed by atoms with Crippen molar-refractivity contribution < 1.29 is 4.79 Å². The number of hydrogen-bond donors (Lipinski definition) is 1. The summed E-state index contributed by atoms with van der Waals surface area (Å²) < 4.78 is 1.73. The van der Waals surface area contributed by atoms with E-state index in [1.165, 1.54) is 37.4 Å². The first-order valence-electron chi connectivity index (χ1n) is 9.13. The molecule has 2 heterocycles. The Morgan fingerprint density at radius 1 is 1.36 bits per heavy atom. The summed E-state index contributed by atoms with van der Waals surface area (Å²) in [5.74, 6) is 3.40. The van der Waals surface area contributed by atoms with Crippen LogP contribution in [0.25, 0.3) is 5.78 Å². The number of aromatic nitrogens is 4. The first-order chi connectivity index (χ1) is 12.0. The molecule has 0 aromatic carbocycles. The molecule has 0 unspecified atom stereocenters. The third-order valence-electron chi connectivity index (χ3n) is 5.75. The minimum Gasteiger partial charge on any atom is -0.353 e. The van der Waals surface area contributed by atoms with Gasteiger partial charge in [0, 0.05) is 17.4 Å². The van der Waals surface area contributed by atoms with E-state index in [4.69, 9.17) is 0 Å². The minimum atomic E-state index is 0.0694. The first-order valence-corrected chi connectivity index (χ1v) is 10.1. The number of nitrogens with zero attached hydrogens (tertiary/aromatic N) is 4. The molecule has 0 spiro atoms. The third-order valence-corrected chi connectivity index (χ3v) is 6.59. The predicted octanol–water partition coefficient (Wildman–Crippen LogP) is 2.77. The van der Waals surface area contributed by atoms with Crippen LogP contribution in [0.4, 0.5) is 0 Å². The smallest absolute Gasteiger partial charge is 0.253 e. The molecule has 2 saturated carbocycles. The molecule has 1 N–H and O–H groups in total. The van der Waals surface area contributed by atoms with Crippen molar-refractivity contribution in [1.29, 1.82) is 0 Å². The summed E-state index contributed by atoms with van der Waals surface area (Å²) in [5, 5.41) is 8.23. The zero-order valence-corrected chi connectivity index (χ0v) is 15.8. The second kappa shape index (κ2) is 6.59. The van der Waals surface area contributed by atoms with Gasteiger partial charge in [-0.25, -0.2) is 9.50 Å². The van der Waals surface area contributed by atoms with Crippen LogP contribution in [0.3, 0.4) is 0 Å². The molecule has 134 valence electrons.